The van der Waals surface area contributed by atoms with E-state index >= 15 is 0 Å². The number of aliphatic hydroxyl groups excluding tert-OH is 4. The molecule has 3 heterocycles. The molecule has 7 heteroatoms. The summed E-state index contributed by atoms with van der Waals surface area (Å²) >= 11 is 1.75. The van der Waals surface area contributed by atoms with Gasteiger partial charge in [-0.3, -0.25) is 0 Å². The van der Waals surface area contributed by atoms with Crippen molar-refractivity contribution in [2.45, 2.75) is 44.0 Å². The molecule has 1 aliphatic heterocycles. The molecule has 4 aromatic rings. The Morgan fingerprint density at radius 1 is 0.909 bits per heavy atom. The summed E-state index contributed by atoms with van der Waals surface area (Å²) in [5, 5.41) is 41.8. The van der Waals surface area contributed by atoms with Gasteiger partial charge in [0, 0.05) is 27.8 Å². The van der Waals surface area contributed by atoms with Crippen molar-refractivity contribution in [1.82, 2.24) is 4.57 Å². The standard InChI is InChI=1S/C26H27NO5S/c1-15-6-5-9-19-22(15)17(12-18-10-11-21(33-18)16-7-3-2-4-8-16)13-27(19)26-25(31)24(30)23(29)20(14-28)32-26/h2-11,13,20,23-26,28-31H,12,14H2,1H3/t20-,23-,24+,25-,26-/m1/s1. The molecule has 4 N–H and O–H groups in total. The number of hydrogen-bond donors (Lipinski definition) is 4. The highest BCUT2D eigenvalue weighted by atomic mass is 32.1. The number of benzene rings is 2. The van der Waals surface area contributed by atoms with Crippen molar-refractivity contribution in [2.75, 3.05) is 6.61 Å². The first-order valence-corrected chi connectivity index (χ1v) is 11.8. The van der Waals surface area contributed by atoms with Gasteiger partial charge in [0.25, 0.3) is 0 Å². The van der Waals surface area contributed by atoms with Crippen LogP contribution >= 0.6 is 11.3 Å². The smallest absolute Gasteiger partial charge is 0.163 e. The Labute approximate surface area is 195 Å². The van der Waals surface area contributed by atoms with Crippen molar-refractivity contribution in [3.8, 4) is 10.4 Å². The summed E-state index contributed by atoms with van der Waals surface area (Å²) in [5.74, 6) is 0. The van der Waals surface area contributed by atoms with Crippen LogP contribution in [0.15, 0.2) is 66.9 Å². The van der Waals surface area contributed by atoms with Crippen LogP contribution in [0.4, 0.5) is 0 Å². The van der Waals surface area contributed by atoms with Gasteiger partial charge in [0.2, 0.25) is 0 Å². The van der Waals surface area contributed by atoms with Gasteiger partial charge < -0.3 is 29.7 Å². The lowest BCUT2D eigenvalue weighted by atomic mass is 9.98. The molecule has 0 radical (unpaired) electrons. The van der Waals surface area contributed by atoms with Gasteiger partial charge in [-0.2, -0.15) is 0 Å². The van der Waals surface area contributed by atoms with Crippen LogP contribution in [0, 0.1) is 6.92 Å². The van der Waals surface area contributed by atoms with Gasteiger partial charge in [-0.05, 0) is 41.8 Å². The molecular formula is C26H27NO5S. The van der Waals surface area contributed by atoms with Gasteiger partial charge in [-0.25, -0.2) is 0 Å². The number of aromatic nitrogens is 1. The average molecular weight is 466 g/mol. The number of aryl methyl sites for hydroxylation is 1. The van der Waals surface area contributed by atoms with E-state index in [1.54, 1.807) is 11.3 Å². The Bertz CT molecular complexity index is 1250. The van der Waals surface area contributed by atoms with E-state index in [-0.39, 0.29) is 0 Å². The molecule has 1 saturated heterocycles. The molecule has 5 atom stereocenters. The second-order valence-electron chi connectivity index (χ2n) is 8.56. The van der Waals surface area contributed by atoms with Crippen LogP contribution in [0.1, 0.15) is 22.2 Å². The SMILES string of the molecule is Cc1cccc2c1c(Cc1ccc(-c3ccccc3)s1)cn2[C@@H]1O[C@H](CO)[C@@H](O)[C@H](O)[C@H]1O. The molecule has 0 bridgehead atoms. The summed E-state index contributed by atoms with van der Waals surface area (Å²) in [5.41, 5.74) is 4.25. The largest absolute Gasteiger partial charge is 0.394 e. The van der Waals surface area contributed by atoms with Crippen LogP contribution in [-0.2, 0) is 11.2 Å². The van der Waals surface area contributed by atoms with Crippen molar-refractivity contribution in [3.63, 3.8) is 0 Å². The molecule has 1 fully saturated rings. The van der Waals surface area contributed by atoms with E-state index in [0.717, 1.165) is 22.0 Å². The van der Waals surface area contributed by atoms with E-state index in [1.807, 2.05) is 54.1 Å². The molecule has 2 aromatic carbocycles. The number of hydrogen-bond acceptors (Lipinski definition) is 6. The molecule has 0 aliphatic carbocycles. The van der Waals surface area contributed by atoms with E-state index in [1.165, 1.54) is 15.3 Å². The lowest BCUT2D eigenvalue weighted by molar-refractivity contribution is -0.250. The van der Waals surface area contributed by atoms with E-state index in [4.69, 9.17) is 4.74 Å². The fraction of sp³-hybridized carbons (Fsp3) is 0.308. The number of thiophene rings is 1. The minimum absolute atomic E-state index is 0.454. The summed E-state index contributed by atoms with van der Waals surface area (Å²) < 4.78 is 7.66. The van der Waals surface area contributed by atoms with Crippen LogP contribution in [0.2, 0.25) is 0 Å². The third-order valence-corrected chi connectivity index (χ3v) is 7.51. The van der Waals surface area contributed by atoms with Crippen molar-refractivity contribution < 1.29 is 25.2 Å². The van der Waals surface area contributed by atoms with Crippen LogP contribution in [0.5, 0.6) is 0 Å². The highest BCUT2D eigenvalue weighted by Crippen LogP contribution is 2.36. The molecule has 1 aliphatic rings. The summed E-state index contributed by atoms with van der Waals surface area (Å²) in [6.07, 6.45) is -3.36. The minimum Gasteiger partial charge on any atom is -0.394 e. The fourth-order valence-electron chi connectivity index (χ4n) is 4.66. The third kappa shape index (κ3) is 4.01. The quantitative estimate of drug-likeness (QED) is 0.363. The maximum atomic E-state index is 10.7. The molecular weight excluding hydrogens is 438 g/mol. The topological polar surface area (TPSA) is 95.1 Å². The number of aliphatic hydroxyl groups is 4. The first kappa shape index (κ1) is 22.3. The highest BCUT2D eigenvalue weighted by Gasteiger charge is 2.44. The molecule has 0 amide bonds. The third-order valence-electron chi connectivity index (χ3n) is 6.37. The highest BCUT2D eigenvalue weighted by molar-refractivity contribution is 7.15. The van der Waals surface area contributed by atoms with Crippen molar-refractivity contribution >= 4 is 22.2 Å². The van der Waals surface area contributed by atoms with Crippen molar-refractivity contribution in [1.29, 1.82) is 0 Å². The van der Waals surface area contributed by atoms with Gasteiger partial charge in [-0.15, -0.1) is 11.3 Å². The Hall–Kier alpha value is -2.52. The predicted molar refractivity (Wildman–Crippen MR) is 128 cm³/mol. The van der Waals surface area contributed by atoms with Crippen molar-refractivity contribution in [2.24, 2.45) is 0 Å². The van der Waals surface area contributed by atoms with Crippen LogP contribution in [0.25, 0.3) is 21.3 Å². The van der Waals surface area contributed by atoms with E-state index in [0.29, 0.717) is 6.42 Å². The normalized spacial score (nSPS) is 25.5. The lowest BCUT2D eigenvalue weighted by Crippen LogP contribution is -2.56. The molecule has 33 heavy (non-hydrogen) atoms. The Morgan fingerprint density at radius 3 is 2.45 bits per heavy atom. The summed E-state index contributed by atoms with van der Waals surface area (Å²) in [4.78, 5) is 2.42. The minimum atomic E-state index is -1.42. The zero-order valence-electron chi connectivity index (χ0n) is 18.2. The second kappa shape index (κ2) is 9.02. The zero-order chi connectivity index (χ0) is 23.1. The van der Waals surface area contributed by atoms with Gasteiger partial charge in [-0.1, -0.05) is 42.5 Å². The summed E-state index contributed by atoms with van der Waals surface area (Å²) in [6, 6.07) is 20.5. The number of fused-ring (bicyclic) bond motifs is 1. The van der Waals surface area contributed by atoms with Crippen LogP contribution < -0.4 is 0 Å². The number of rotatable bonds is 5. The van der Waals surface area contributed by atoms with Crippen LogP contribution in [0.3, 0.4) is 0 Å². The monoisotopic (exact) mass is 465 g/mol. The zero-order valence-corrected chi connectivity index (χ0v) is 19.0. The van der Waals surface area contributed by atoms with E-state index < -0.39 is 37.3 Å². The Kier molecular flexibility index (Phi) is 6.09. The number of ether oxygens (including phenoxy) is 1. The molecule has 6 nitrogen and oxygen atoms in total. The van der Waals surface area contributed by atoms with Crippen molar-refractivity contribution in [3.05, 3.63) is 82.9 Å². The summed E-state index contributed by atoms with van der Waals surface area (Å²) in [7, 11) is 0. The maximum Gasteiger partial charge on any atom is 0.163 e. The summed E-state index contributed by atoms with van der Waals surface area (Å²) in [6.45, 7) is 1.59. The molecule has 172 valence electrons. The first-order chi connectivity index (χ1) is 16.0. The van der Waals surface area contributed by atoms with Gasteiger partial charge in [0.15, 0.2) is 6.23 Å². The van der Waals surface area contributed by atoms with Gasteiger partial charge >= 0.3 is 0 Å². The predicted octanol–water partition coefficient (Wildman–Crippen LogP) is 3.24. The molecule has 0 saturated carbocycles. The lowest BCUT2D eigenvalue weighted by Gasteiger charge is -2.40. The molecule has 0 unspecified atom stereocenters. The van der Waals surface area contributed by atoms with Gasteiger partial charge in [0.05, 0.1) is 12.1 Å². The average Bonchev–Trinajstić information content (AvgIpc) is 3.44. The van der Waals surface area contributed by atoms with Crippen LogP contribution in [-0.4, -0.2) is 56.0 Å². The fourth-order valence-corrected chi connectivity index (χ4v) is 5.70. The van der Waals surface area contributed by atoms with E-state index in [9.17, 15) is 20.4 Å². The molecule has 2 aromatic heterocycles. The molecule has 0 spiro atoms. The number of nitrogens with zero attached hydrogens (tertiary/aromatic N) is 1. The van der Waals surface area contributed by atoms with E-state index in [2.05, 4.69) is 24.3 Å². The maximum absolute atomic E-state index is 10.7. The Morgan fingerprint density at radius 2 is 1.70 bits per heavy atom. The molecule has 5 rings (SSSR count). The second-order valence-corrected chi connectivity index (χ2v) is 9.73. The van der Waals surface area contributed by atoms with Gasteiger partial charge in [0.1, 0.15) is 24.4 Å². The first-order valence-electron chi connectivity index (χ1n) is 11.0. The Balaban J connectivity index is 1.53.